The number of nitrogens with one attached hydrogen (secondary N) is 2. The van der Waals surface area contributed by atoms with Gasteiger partial charge in [0.05, 0.1) is 23.4 Å². The number of hydrogen-bond donors (Lipinski definition) is 2. The van der Waals surface area contributed by atoms with Crippen molar-refractivity contribution in [1.82, 2.24) is 25.5 Å². The highest BCUT2D eigenvalue weighted by Gasteiger charge is 2.17. The van der Waals surface area contributed by atoms with Gasteiger partial charge in [-0.3, -0.25) is 0 Å². The van der Waals surface area contributed by atoms with Gasteiger partial charge in [0.15, 0.2) is 5.82 Å². The van der Waals surface area contributed by atoms with Crippen LogP contribution in [0, 0.1) is 11.3 Å². The molecule has 1 atom stereocenters. The zero-order valence-electron chi connectivity index (χ0n) is 13.4. The van der Waals surface area contributed by atoms with Crippen LogP contribution in [0.2, 0.25) is 0 Å². The lowest BCUT2D eigenvalue weighted by Gasteiger charge is -2.14. The zero-order valence-corrected chi connectivity index (χ0v) is 13.4. The van der Waals surface area contributed by atoms with Gasteiger partial charge in [-0.15, -0.1) is 5.10 Å². The normalized spacial score (nSPS) is 11.4. The van der Waals surface area contributed by atoms with Crippen molar-refractivity contribution in [2.45, 2.75) is 13.0 Å². The van der Waals surface area contributed by atoms with Crippen LogP contribution < -0.4 is 10.6 Å². The van der Waals surface area contributed by atoms with Crippen LogP contribution in [-0.4, -0.2) is 26.2 Å². The second kappa shape index (κ2) is 7.23. The molecule has 0 saturated heterocycles. The van der Waals surface area contributed by atoms with Gasteiger partial charge in [0.25, 0.3) is 0 Å². The topological polar surface area (TPSA) is 109 Å². The highest BCUT2D eigenvalue weighted by Crippen LogP contribution is 2.14. The predicted octanol–water partition coefficient (Wildman–Crippen LogP) is 2.42. The third-order valence-corrected chi connectivity index (χ3v) is 3.48. The zero-order chi connectivity index (χ0) is 17.6. The molecule has 124 valence electrons. The van der Waals surface area contributed by atoms with Gasteiger partial charge in [0, 0.05) is 5.69 Å². The van der Waals surface area contributed by atoms with E-state index in [2.05, 4.69) is 26.2 Å². The molecule has 8 heteroatoms. The maximum absolute atomic E-state index is 12.2. The number of anilines is 1. The third kappa shape index (κ3) is 3.79. The van der Waals surface area contributed by atoms with Crippen molar-refractivity contribution in [3.05, 3.63) is 66.0 Å². The summed E-state index contributed by atoms with van der Waals surface area (Å²) < 4.78 is 1.57. The highest BCUT2D eigenvalue weighted by atomic mass is 16.2. The van der Waals surface area contributed by atoms with E-state index in [9.17, 15) is 4.79 Å². The van der Waals surface area contributed by atoms with Crippen molar-refractivity contribution in [2.24, 2.45) is 0 Å². The lowest BCUT2D eigenvalue weighted by atomic mass is 10.2. The summed E-state index contributed by atoms with van der Waals surface area (Å²) in [5.74, 6) is 0.507. The average Bonchev–Trinajstić information content (AvgIpc) is 3.12. The summed E-state index contributed by atoms with van der Waals surface area (Å²) in [7, 11) is 0. The second-order valence-electron chi connectivity index (χ2n) is 5.30. The number of tetrazole rings is 1. The van der Waals surface area contributed by atoms with Crippen molar-refractivity contribution in [3.8, 4) is 11.8 Å². The van der Waals surface area contributed by atoms with Crippen LogP contribution in [0.3, 0.4) is 0 Å². The lowest BCUT2D eigenvalue weighted by molar-refractivity contribution is 0.248. The number of nitriles is 1. The number of nitrogens with zero attached hydrogens (tertiary/aromatic N) is 5. The minimum atomic E-state index is -0.422. The van der Waals surface area contributed by atoms with E-state index >= 15 is 0 Å². The van der Waals surface area contributed by atoms with Crippen molar-refractivity contribution in [2.75, 3.05) is 5.32 Å². The Morgan fingerprint density at radius 3 is 2.76 bits per heavy atom. The Bertz CT molecular complexity index is 914. The van der Waals surface area contributed by atoms with E-state index < -0.39 is 12.1 Å². The number of amides is 2. The Morgan fingerprint density at radius 2 is 2.00 bits per heavy atom. The van der Waals surface area contributed by atoms with Crippen LogP contribution in [0.1, 0.15) is 24.4 Å². The van der Waals surface area contributed by atoms with Gasteiger partial charge in [0.1, 0.15) is 0 Å². The molecule has 0 aliphatic rings. The smallest absolute Gasteiger partial charge is 0.319 e. The summed E-state index contributed by atoms with van der Waals surface area (Å²) >= 11 is 0. The fourth-order valence-electron chi connectivity index (χ4n) is 2.31. The largest absolute Gasteiger partial charge is 0.328 e. The number of aromatic nitrogens is 4. The van der Waals surface area contributed by atoms with E-state index in [0.717, 1.165) is 5.69 Å². The molecule has 0 aliphatic heterocycles. The first-order chi connectivity index (χ1) is 12.2. The van der Waals surface area contributed by atoms with Crippen molar-refractivity contribution in [3.63, 3.8) is 0 Å². The fourth-order valence-corrected chi connectivity index (χ4v) is 2.31. The molecule has 2 amide bonds. The summed E-state index contributed by atoms with van der Waals surface area (Å²) in [6, 6.07) is 17.3. The number of carbonyl (C=O) groups excluding carboxylic acids is 1. The monoisotopic (exact) mass is 333 g/mol. The summed E-state index contributed by atoms with van der Waals surface area (Å²) in [6.07, 6.45) is 0. The molecule has 1 aromatic heterocycles. The Labute approximate surface area is 144 Å². The van der Waals surface area contributed by atoms with Gasteiger partial charge >= 0.3 is 6.03 Å². The maximum Gasteiger partial charge on any atom is 0.319 e. The molecule has 8 nitrogen and oxygen atoms in total. The molecular weight excluding hydrogens is 318 g/mol. The summed E-state index contributed by atoms with van der Waals surface area (Å²) in [6.45, 7) is 1.79. The fraction of sp³-hybridized carbons (Fsp3) is 0.118. The van der Waals surface area contributed by atoms with E-state index in [-0.39, 0.29) is 0 Å². The molecule has 0 bridgehead atoms. The van der Waals surface area contributed by atoms with E-state index in [0.29, 0.717) is 17.1 Å². The van der Waals surface area contributed by atoms with Crippen molar-refractivity contribution < 1.29 is 4.79 Å². The Kier molecular flexibility index (Phi) is 4.67. The minimum absolute atomic E-state index is 0.412. The summed E-state index contributed by atoms with van der Waals surface area (Å²) in [5.41, 5.74) is 1.81. The second-order valence-corrected chi connectivity index (χ2v) is 5.30. The van der Waals surface area contributed by atoms with Crippen LogP contribution in [0.4, 0.5) is 10.5 Å². The van der Waals surface area contributed by atoms with Gasteiger partial charge in [-0.1, -0.05) is 24.3 Å². The molecule has 0 radical (unpaired) electrons. The van der Waals surface area contributed by atoms with Gasteiger partial charge in [-0.2, -0.15) is 9.94 Å². The molecule has 0 spiro atoms. The van der Waals surface area contributed by atoms with Crippen LogP contribution in [0.15, 0.2) is 54.6 Å². The van der Waals surface area contributed by atoms with E-state index in [1.807, 2.05) is 36.4 Å². The molecule has 2 aromatic carbocycles. The molecule has 1 unspecified atom stereocenters. The van der Waals surface area contributed by atoms with E-state index in [4.69, 9.17) is 5.26 Å². The first-order valence-electron chi connectivity index (χ1n) is 7.59. The molecule has 1 heterocycles. The van der Waals surface area contributed by atoms with Crippen LogP contribution in [0.5, 0.6) is 0 Å². The van der Waals surface area contributed by atoms with Crippen LogP contribution >= 0.6 is 0 Å². The third-order valence-electron chi connectivity index (χ3n) is 3.48. The lowest BCUT2D eigenvalue weighted by Crippen LogP contribution is -2.32. The number of para-hydroxylation sites is 1. The Hall–Kier alpha value is -3.73. The van der Waals surface area contributed by atoms with Gasteiger partial charge in [-0.25, -0.2) is 4.79 Å². The standard InChI is InChI=1S/C17H15N7O/c1-12(16-21-22-23-24(16)15-8-3-2-4-9-15)19-17(25)20-14-7-5-6-13(10-14)11-18/h2-10,12H,1H3,(H2,19,20,25). The van der Waals surface area contributed by atoms with Crippen molar-refractivity contribution in [1.29, 1.82) is 5.26 Å². The van der Waals surface area contributed by atoms with Crippen molar-refractivity contribution >= 4 is 11.7 Å². The van der Waals surface area contributed by atoms with E-state index in [1.165, 1.54) is 0 Å². The van der Waals surface area contributed by atoms with Crippen LogP contribution in [-0.2, 0) is 0 Å². The Balaban J connectivity index is 1.70. The molecule has 0 fully saturated rings. The molecule has 3 aromatic rings. The highest BCUT2D eigenvalue weighted by molar-refractivity contribution is 5.89. The SMILES string of the molecule is CC(NC(=O)Nc1cccc(C#N)c1)c1nnnn1-c1ccccc1. The molecular formula is C17H15N7O. The quantitative estimate of drug-likeness (QED) is 0.762. The number of carbonyl (C=O) groups is 1. The number of benzene rings is 2. The number of urea groups is 1. The van der Waals surface area contributed by atoms with E-state index in [1.54, 1.807) is 35.9 Å². The molecule has 0 saturated carbocycles. The average molecular weight is 333 g/mol. The Morgan fingerprint density at radius 1 is 1.20 bits per heavy atom. The number of hydrogen-bond acceptors (Lipinski definition) is 5. The van der Waals surface area contributed by atoms with Gasteiger partial charge < -0.3 is 10.6 Å². The minimum Gasteiger partial charge on any atom is -0.328 e. The van der Waals surface area contributed by atoms with Gasteiger partial charge in [0.2, 0.25) is 0 Å². The van der Waals surface area contributed by atoms with Crippen LogP contribution in [0.25, 0.3) is 5.69 Å². The van der Waals surface area contributed by atoms with Gasteiger partial charge in [-0.05, 0) is 47.7 Å². The first kappa shape index (κ1) is 16.1. The number of rotatable bonds is 4. The summed E-state index contributed by atoms with van der Waals surface area (Å²) in [4.78, 5) is 12.2. The predicted molar refractivity (Wildman–Crippen MR) is 90.9 cm³/mol. The maximum atomic E-state index is 12.2. The molecule has 2 N–H and O–H groups in total. The molecule has 25 heavy (non-hydrogen) atoms. The molecule has 0 aliphatic carbocycles. The molecule has 3 rings (SSSR count). The first-order valence-corrected chi connectivity index (χ1v) is 7.59. The summed E-state index contributed by atoms with van der Waals surface area (Å²) in [5, 5.41) is 26.0.